The fraction of sp³-hybridized carbons (Fsp3) is 0.273. The van der Waals surface area contributed by atoms with E-state index in [1.54, 1.807) is 18.5 Å². The smallest absolute Gasteiger partial charge is 0.241 e. The molecule has 20 heavy (non-hydrogen) atoms. The number of nitrogens with two attached hydrogens (primary N) is 1. The lowest BCUT2D eigenvalue weighted by atomic mass is 10.2. The Bertz CT molecular complexity index is 741. The molecule has 108 valence electrons. The molecule has 0 radical (unpaired) electrons. The molecule has 1 heterocycles. The molecule has 0 aliphatic carbocycles. The topological polar surface area (TPSA) is 103 Å². The fourth-order valence-electron chi connectivity index (χ4n) is 1.66. The molecule has 9 heteroatoms. The van der Waals surface area contributed by atoms with Crippen molar-refractivity contribution >= 4 is 27.3 Å². The van der Waals surface area contributed by atoms with Crippen molar-refractivity contribution in [3.8, 4) is 0 Å². The van der Waals surface area contributed by atoms with E-state index in [-0.39, 0.29) is 17.1 Å². The third kappa shape index (κ3) is 2.92. The van der Waals surface area contributed by atoms with E-state index in [1.807, 2.05) is 0 Å². The number of rotatable bonds is 4. The molecule has 1 aromatic heterocycles. The van der Waals surface area contributed by atoms with Crippen LogP contribution >= 0.6 is 11.6 Å². The van der Waals surface area contributed by atoms with Gasteiger partial charge in [0.25, 0.3) is 0 Å². The molecule has 0 unspecified atom stereocenters. The van der Waals surface area contributed by atoms with Crippen LogP contribution in [0.3, 0.4) is 0 Å². The highest BCUT2D eigenvalue weighted by Crippen LogP contribution is 2.26. The molecule has 0 amide bonds. The third-order valence-electron chi connectivity index (χ3n) is 2.81. The van der Waals surface area contributed by atoms with Crippen molar-refractivity contribution in [1.29, 1.82) is 0 Å². The Labute approximate surface area is 121 Å². The molecule has 7 nitrogen and oxygen atoms in total. The van der Waals surface area contributed by atoms with Crippen LogP contribution in [0.15, 0.2) is 23.4 Å². The van der Waals surface area contributed by atoms with Crippen LogP contribution in [0.2, 0.25) is 5.02 Å². The van der Waals surface area contributed by atoms with Crippen molar-refractivity contribution in [1.82, 2.24) is 19.5 Å². The van der Waals surface area contributed by atoms with Gasteiger partial charge >= 0.3 is 0 Å². The Morgan fingerprint density at radius 2 is 2.15 bits per heavy atom. The molecule has 3 N–H and O–H groups in total. The number of nitrogens with zero attached hydrogens (tertiary/aromatic N) is 3. The molecule has 0 aliphatic heterocycles. The average Bonchev–Trinajstić information content (AvgIpc) is 2.77. The number of hydrogen-bond acceptors (Lipinski definition) is 5. The van der Waals surface area contributed by atoms with Crippen LogP contribution in [0.5, 0.6) is 0 Å². The Hall–Kier alpha value is -1.64. The summed E-state index contributed by atoms with van der Waals surface area (Å²) >= 11 is 5.85. The first-order valence-corrected chi connectivity index (χ1v) is 7.55. The number of aromatic nitrogens is 3. The highest BCUT2D eigenvalue weighted by atomic mass is 35.5. The third-order valence-corrected chi connectivity index (χ3v) is 4.68. The Kier molecular flexibility index (Phi) is 3.98. The minimum atomic E-state index is -3.69. The predicted molar refractivity (Wildman–Crippen MR) is 75.6 cm³/mol. The summed E-state index contributed by atoms with van der Waals surface area (Å²) in [5, 5.41) is 7.81. The lowest BCUT2D eigenvalue weighted by Gasteiger charge is -2.10. The number of benzene rings is 1. The molecule has 1 aromatic carbocycles. The SMILES string of the molecule is Cc1cc(Cl)c(N)cc1S(=O)(=O)NCc1nncn1C. The van der Waals surface area contributed by atoms with Crippen LogP contribution in [0.25, 0.3) is 0 Å². The quantitative estimate of drug-likeness (QED) is 0.814. The number of nitrogen functional groups attached to an aromatic ring is 1. The summed E-state index contributed by atoms with van der Waals surface area (Å²) in [7, 11) is -1.96. The zero-order valence-corrected chi connectivity index (χ0v) is 12.5. The summed E-state index contributed by atoms with van der Waals surface area (Å²) in [5.74, 6) is 0.508. The number of hydrogen-bond donors (Lipinski definition) is 2. The lowest BCUT2D eigenvalue weighted by Crippen LogP contribution is -2.25. The van der Waals surface area contributed by atoms with E-state index in [4.69, 9.17) is 17.3 Å². The molecule has 0 saturated heterocycles. The first-order chi connectivity index (χ1) is 9.31. The maximum Gasteiger partial charge on any atom is 0.241 e. The van der Waals surface area contributed by atoms with Gasteiger partial charge in [-0.1, -0.05) is 11.6 Å². The van der Waals surface area contributed by atoms with Gasteiger partial charge in [-0.3, -0.25) is 0 Å². The number of aryl methyl sites for hydroxylation is 2. The maximum atomic E-state index is 12.3. The zero-order chi connectivity index (χ0) is 14.9. The Morgan fingerprint density at radius 3 is 2.75 bits per heavy atom. The molecule has 2 aromatic rings. The fourth-order valence-corrected chi connectivity index (χ4v) is 3.12. The highest BCUT2D eigenvalue weighted by molar-refractivity contribution is 7.89. The van der Waals surface area contributed by atoms with E-state index in [0.717, 1.165) is 0 Å². The highest BCUT2D eigenvalue weighted by Gasteiger charge is 2.19. The van der Waals surface area contributed by atoms with Crippen LogP contribution in [-0.4, -0.2) is 23.2 Å². The van der Waals surface area contributed by atoms with Crippen molar-refractivity contribution in [2.75, 3.05) is 5.73 Å². The molecule has 0 fully saturated rings. The van der Waals surface area contributed by atoms with Gasteiger partial charge in [0.05, 0.1) is 22.2 Å². The van der Waals surface area contributed by atoms with Crippen LogP contribution in [-0.2, 0) is 23.6 Å². The van der Waals surface area contributed by atoms with Gasteiger partial charge in [0.15, 0.2) is 0 Å². The van der Waals surface area contributed by atoms with Gasteiger partial charge in [0.2, 0.25) is 10.0 Å². The van der Waals surface area contributed by atoms with E-state index in [1.165, 1.54) is 18.5 Å². The summed E-state index contributed by atoms with van der Waals surface area (Å²) < 4.78 is 28.6. The second-order valence-electron chi connectivity index (χ2n) is 4.32. The summed E-state index contributed by atoms with van der Waals surface area (Å²) in [6.45, 7) is 1.70. The van der Waals surface area contributed by atoms with Gasteiger partial charge in [-0.25, -0.2) is 13.1 Å². The van der Waals surface area contributed by atoms with E-state index in [0.29, 0.717) is 16.4 Å². The van der Waals surface area contributed by atoms with Gasteiger partial charge in [-0.05, 0) is 24.6 Å². The molecule has 0 saturated carbocycles. The van der Waals surface area contributed by atoms with E-state index in [2.05, 4.69) is 14.9 Å². The molecule has 0 atom stereocenters. The van der Waals surface area contributed by atoms with E-state index in [9.17, 15) is 8.42 Å². The van der Waals surface area contributed by atoms with E-state index < -0.39 is 10.0 Å². The maximum absolute atomic E-state index is 12.3. The summed E-state index contributed by atoms with van der Waals surface area (Å²) in [5.41, 5.74) is 6.39. The molecular weight excluding hydrogens is 302 g/mol. The zero-order valence-electron chi connectivity index (χ0n) is 11.0. The summed E-state index contributed by atoms with van der Waals surface area (Å²) in [6, 6.07) is 2.87. The molecule has 0 spiro atoms. The predicted octanol–water partition coefficient (Wildman–Crippen LogP) is 0.838. The minimum Gasteiger partial charge on any atom is -0.397 e. The van der Waals surface area contributed by atoms with Crippen LogP contribution in [0, 0.1) is 6.92 Å². The van der Waals surface area contributed by atoms with Gasteiger partial charge in [0.1, 0.15) is 12.2 Å². The monoisotopic (exact) mass is 315 g/mol. The molecule has 0 aliphatic rings. The van der Waals surface area contributed by atoms with Crippen molar-refractivity contribution in [3.05, 3.63) is 34.9 Å². The van der Waals surface area contributed by atoms with E-state index >= 15 is 0 Å². The number of anilines is 1. The largest absolute Gasteiger partial charge is 0.397 e. The van der Waals surface area contributed by atoms with Gasteiger partial charge in [-0.15, -0.1) is 10.2 Å². The summed E-state index contributed by atoms with van der Waals surface area (Å²) in [6.07, 6.45) is 1.50. The standard InChI is InChI=1S/C11H14ClN5O2S/c1-7-3-8(12)9(13)4-10(7)20(18,19)15-5-11-16-14-6-17(11)2/h3-4,6,15H,5,13H2,1-2H3. The first kappa shape index (κ1) is 14.8. The molecular formula is C11H14ClN5O2S. The summed E-state index contributed by atoms with van der Waals surface area (Å²) in [4.78, 5) is 0.0987. The van der Waals surface area contributed by atoms with Gasteiger partial charge in [-0.2, -0.15) is 0 Å². The second kappa shape index (κ2) is 5.39. The van der Waals surface area contributed by atoms with Gasteiger partial charge < -0.3 is 10.3 Å². The minimum absolute atomic E-state index is 0.0425. The number of sulfonamides is 1. The normalized spacial score (nSPS) is 11.8. The Balaban J connectivity index is 2.27. The first-order valence-electron chi connectivity index (χ1n) is 5.69. The van der Waals surface area contributed by atoms with Crippen molar-refractivity contribution in [2.45, 2.75) is 18.4 Å². The van der Waals surface area contributed by atoms with Crippen molar-refractivity contribution in [3.63, 3.8) is 0 Å². The number of halogens is 1. The van der Waals surface area contributed by atoms with Gasteiger partial charge in [0, 0.05) is 7.05 Å². The van der Waals surface area contributed by atoms with Crippen molar-refractivity contribution < 1.29 is 8.42 Å². The number of nitrogens with one attached hydrogen (secondary N) is 1. The molecule has 0 bridgehead atoms. The van der Waals surface area contributed by atoms with Crippen molar-refractivity contribution in [2.24, 2.45) is 7.05 Å². The lowest BCUT2D eigenvalue weighted by molar-refractivity contribution is 0.577. The Morgan fingerprint density at radius 1 is 1.45 bits per heavy atom. The molecule has 2 rings (SSSR count). The van der Waals surface area contributed by atoms with Crippen LogP contribution in [0.1, 0.15) is 11.4 Å². The second-order valence-corrected chi connectivity index (χ2v) is 6.46. The van der Waals surface area contributed by atoms with Crippen LogP contribution < -0.4 is 10.5 Å². The van der Waals surface area contributed by atoms with Crippen LogP contribution in [0.4, 0.5) is 5.69 Å². The average molecular weight is 316 g/mol.